The van der Waals surface area contributed by atoms with Crippen molar-refractivity contribution in [2.75, 3.05) is 6.61 Å². The minimum absolute atomic E-state index is 0.368. The number of phosphoric ester groups is 1. The van der Waals surface area contributed by atoms with Gasteiger partial charge < -0.3 is 15.5 Å². The Bertz CT molecular complexity index is 1010. The average molecular weight is 451 g/mol. The lowest BCUT2D eigenvalue weighted by atomic mass is 10.1. The van der Waals surface area contributed by atoms with E-state index in [9.17, 15) is 4.57 Å². The van der Waals surface area contributed by atoms with Crippen LogP contribution in [-0.2, 0) is 21.2 Å². The zero-order chi connectivity index (χ0) is 21.8. The van der Waals surface area contributed by atoms with E-state index in [4.69, 9.17) is 15.5 Å². The van der Waals surface area contributed by atoms with Crippen molar-refractivity contribution >= 4 is 19.2 Å². The van der Waals surface area contributed by atoms with Gasteiger partial charge >= 0.3 is 7.82 Å². The molecule has 0 spiro atoms. The van der Waals surface area contributed by atoms with Gasteiger partial charge in [0.15, 0.2) is 0 Å². The molecule has 30 heavy (non-hydrogen) atoms. The summed E-state index contributed by atoms with van der Waals surface area (Å²) in [6.07, 6.45) is 7.42. The first-order valence-electron chi connectivity index (χ1n) is 9.64. The summed E-state index contributed by atoms with van der Waals surface area (Å²) in [5, 5.41) is 13.8. The summed E-state index contributed by atoms with van der Waals surface area (Å²) in [5.74, 6) is 0. The SMILES string of the molecule is CCCCCn1cc(-c2ccc(-c3nnc([C@@](C)(N)COP(=O)(O)O)s3)cc2)cn1. The normalized spacial score (nSPS) is 14.0. The molecular formula is C19H26N5O4PS. The van der Waals surface area contributed by atoms with Gasteiger partial charge in [-0.3, -0.25) is 9.21 Å². The maximum atomic E-state index is 10.9. The van der Waals surface area contributed by atoms with E-state index in [-0.39, 0.29) is 6.61 Å². The van der Waals surface area contributed by atoms with Crippen LogP contribution >= 0.6 is 19.2 Å². The van der Waals surface area contributed by atoms with Crippen molar-refractivity contribution in [1.29, 1.82) is 0 Å². The Morgan fingerprint density at radius 1 is 1.17 bits per heavy atom. The molecule has 1 atom stereocenters. The summed E-state index contributed by atoms with van der Waals surface area (Å²) < 4.78 is 17.4. The lowest BCUT2D eigenvalue weighted by Crippen LogP contribution is -2.37. The molecule has 0 fully saturated rings. The van der Waals surface area contributed by atoms with Crippen LogP contribution in [0.4, 0.5) is 0 Å². The zero-order valence-corrected chi connectivity index (χ0v) is 18.6. The second kappa shape index (κ2) is 9.47. The summed E-state index contributed by atoms with van der Waals surface area (Å²) >= 11 is 1.26. The van der Waals surface area contributed by atoms with Gasteiger partial charge in [0.25, 0.3) is 0 Å². The second-order valence-electron chi connectivity index (χ2n) is 7.37. The largest absolute Gasteiger partial charge is 0.469 e. The summed E-state index contributed by atoms with van der Waals surface area (Å²) in [6, 6.07) is 7.91. The van der Waals surface area contributed by atoms with Crippen LogP contribution in [0, 0.1) is 0 Å². The summed E-state index contributed by atoms with van der Waals surface area (Å²) in [6.45, 7) is 4.32. The summed E-state index contributed by atoms with van der Waals surface area (Å²) in [7, 11) is -4.61. The van der Waals surface area contributed by atoms with Crippen molar-refractivity contribution in [3.63, 3.8) is 0 Å². The highest BCUT2D eigenvalue weighted by atomic mass is 32.1. The van der Waals surface area contributed by atoms with Crippen LogP contribution in [0.15, 0.2) is 36.7 Å². The molecule has 0 aliphatic rings. The Balaban J connectivity index is 1.69. The Labute approximate surface area is 179 Å². The number of aryl methyl sites for hydroxylation is 1. The Morgan fingerprint density at radius 2 is 1.87 bits per heavy atom. The number of nitrogens with zero attached hydrogens (tertiary/aromatic N) is 4. The van der Waals surface area contributed by atoms with E-state index in [1.54, 1.807) is 6.92 Å². The molecule has 0 unspecified atom stereocenters. The molecule has 0 aliphatic carbocycles. The van der Waals surface area contributed by atoms with Gasteiger partial charge in [0.2, 0.25) is 0 Å². The Morgan fingerprint density at radius 3 is 2.53 bits per heavy atom. The van der Waals surface area contributed by atoms with Gasteiger partial charge in [-0.15, -0.1) is 10.2 Å². The van der Waals surface area contributed by atoms with E-state index < -0.39 is 13.4 Å². The third kappa shape index (κ3) is 6.04. The molecule has 0 saturated carbocycles. The van der Waals surface area contributed by atoms with Gasteiger partial charge in [0.05, 0.1) is 18.3 Å². The van der Waals surface area contributed by atoms with Crippen molar-refractivity contribution < 1.29 is 18.9 Å². The fourth-order valence-corrected chi connectivity index (χ4v) is 4.14. The quantitative estimate of drug-likeness (QED) is 0.314. The van der Waals surface area contributed by atoms with Crippen molar-refractivity contribution in [3.8, 4) is 21.7 Å². The van der Waals surface area contributed by atoms with E-state index in [1.165, 1.54) is 24.2 Å². The van der Waals surface area contributed by atoms with Gasteiger partial charge in [-0.25, -0.2) is 4.57 Å². The summed E-state index contributed by atoms with van der Waals surface area (Å²) in [4.78, 5) is 17.8. The molecule has 4 N–H and O–H groups in total. The number of hydrogen-bond donors (Lipinski definition) is 3. The van der Waals surface area contributed by atoms with Crippen LogP contribution in [0.3, 0.4) is 0 Å². The third-order valence-corrected chi connectivity index (χ3v) is 6.25. The van der Waals surface area contributed by atoms with E-state index in [1.807, 2.05) is 35.1 Å². The van der Waals surface area contributed by atoms with E-state index in [0.717, 1.165) is 29.7 Å². The first kappa shape index (κ1) is 22.7. The van der Waals surface area contributed by atoms with Crippen molar-refractivity contribution in [1.82, 2.24) is 20.0 Å². The average Bonchev–Trinajstić information content (AvgIpc) is 3.37. The van der Waals surface area contributed by atoms with Crippen LogP contribution in [0.5, 0.6) is 0 Å². The van der Waals surface area contributed by atoms with Crippen molar-refractivity contribution in [2.24, 2.45) is 5.73 Å². The molecular weight excluding hydrogens is 425 g/mol. The molecule has 0 radical (unpaired) electrons. The number of hydrogen-bond acceptors (Lipinski definition) is 7. The molecule has 1 aromatic carbocycles. The third-order valence-electron chi connectivity index (χ3n) is 4.54. The number of nitrogens with two attached hydrogens (primary N) is 1. The van der Waals surface area contributed by atoms with E-state index in [2.05, 4.69) is 32.9 Å². The van der Waals surface area contributed by atoms with Gasteiger partial charge in [-0.2, -0.15) is 5.10 Å². The van der Waals surface area contributed by atoms with Gasteiger partial charge in [0.1, 0.15) is 10.0 Å². The standard InChI is InChI=1S/C19H26N5O4PS/c1-3-4-5-10-24-12-16(11-21-24)14-6-8-15(9-7-14)17-22-23-18(30-17)19(2,20)13-28-29(25,26)27/h6-9,11-12H,3-5,10,13,20H2,1-2H3,(H2,25,26,27)/t19-/m0/s1. The fraction of sp³-hybridized carbons (Fsp3) is 0.421. The molecule has 3 rings (SSSR count). The highest BCUT2D eigenvalue weighted by Crippen LogP contribution is 2.38. The smallest absolute Gasteiger partial charge is 0.318 e. The monoisotopic (exact) mass is 451 g/mol. The first-order valence-corrected chi connectivity index (χ1v) is 12.0. The van der Waals surface area contributed by atoms with E-state index >= 15 is 0 Å². The predicted octanol–water partition coefficient (Wildman–Crippen LogP) is 3.54. The molecule has 162 valence electrons. The van der Waals surface area contributed by atoms with Crippen molar-refractivity contribution in [3.05, 3.63) is 41.7 Å². The first-order chi connectivity index (χ1) is 14.2. The maximum Gasteiger partial charge on any atom is 0.469 e. The number of benzene rings is 1. The van der Waals surface area contributed by atoms with Crippen LogP contribution in [-0.4, -0.2) is 36.4 Å². The predicted molar refractivity (Wildman–Crippen MR) is 116 cm³/mol. The number of unbranched alkanes of at least 4 members (excludes halogenated alkanes) is 2. The molecule has 0 amide bonds. The molecule has 2 aromatic heterocycles. The second-order valence-corrected chi connectivity index (χ2v) is 9.59. The Hall–Kier alpha value is -1.94. The zero-order valence-electron chi connectivity index (χ0n) is 16.9. The number of rotatable bonds is 10. The van der Waals surface area contributed by atoms with Gasteiger partial charge in [-0.1, -0.05) is 55.4 Å². The van der Waals surface area contributed by atoms with Crippen LogP contribution < -0.4 is 5.73 Å². The minimum atomic E-state index is -4.61. The van der Waals surface area contributed by atoms with Crippen molar-refractivity contribution in [2.45, 2.75) is 45.2 Å². The van der Waals surface area contributed by atoms with Gasteiger partial charge in [0, 0.05) is 23.9 Å². The molecule has 0 bridgehead atoms. The molecule has 9 nitrogen and oxygen atoms in total. The molecule has 0 aliphatic heterocycles. The number of phosphoric acid groups is 1. The van der Waals surface area contributed by atoms with Gasteiger partial charge in [-0.05, 0) is 18.9 Å². The van der Waals surface area contributed by atoms with Crippen LogP contribution in [0.1, 0.15) is 38.1 Å². The molecule has 3 aromatic rings. The molecule has 0 saturated heterocycles. The highest BCUT2D eigenvalue weighted by molar-refractivity contribution is 7.46. The topological polar surface area (TPSA) is 136 Å². The lowest BCUT2D eigenvalue weighted by molar-refractivity contribution is 0.158. The highest BCUT2D eigenvalue weighted by Gasteiger charge is 2.30. The molecule has 2 heterocycles. The van der Waals surface area contributed by atoms with E-state index in [0.29, 0.717) is 10.0 Å². The fourth-order valence-electron chi connectivity index (χ4n) is 2.81. The maximum absolute atomic E-state index is 10.9. The lowest BCUT2D eigenvalue weighted by Gasteiger charge is -2.21. The Kier molecular flexibility index (Phi) is 7.18. The minimum Gasteiger partial charge on any atom is -0.318 e. The molecule has 11 heteroatoms. The number of aromatic nitrogens is 4. The van der Waals surface area contributed by atoms with Crippen LogP contribution in [0.25, 0.3) is 21.7 Å². The van der Waals surface area contributed by atoms with Crippen LogP contribution in [0.2, 0.25) is 0 Å². The summed E-state index contributed by atoms with van der Waals surface area (Å²) in [5.41, 5.74) is 7.94.